The number of hydrogen-bond donors (Lipinski definition) is 1. The van der Waals surface area contributed by atoms with Crippen molar-refractivity contribution in [2.24, 2.45) is 0 Å². The summed E-state index contributed by atoms with van der Waals surface area (Å²) in [5.74, 6) is 1.68. The summed E-state index contributed by atoms with van der Waals surface area (Å²) in [5, 5.41) is 3.30. The van der Waals surface area contributed by atoms with Crippen molar-refractivity contribution in [3.63, 3.8) is 0 Å². The van der Waals surface area contributed by atoms with Crippen molar-refractivity contribution < 1.29 is 9.47 Å². The van der Waals surface area contributed by atoms with Crippen molar-refractivity contribution in [3.8, 4) is 11.5 Å². The van der Waals surface area contributed by atoms with E-state index in [4.69, 9.17) is 9.47 Å². The monoisotopic (exact) mass is 271 g/mol. The van der Waals surface area contributed by atoms with Gasteiger partial charge in [0.2, 0.25) is 0 Å². The van der Waals surface area contributed by atoms with Gasteiger partial charge in [-0.3, -0.25) is 0 Å². The van der Waals surface area contributed by atoms with Gasteiger partial charge in [-0.05, 0) is 41.9 Å². The lowest BCUT2D eigenvalue weighted by Gasteiger charge is -2.08. The van der Waals surface area contributed by atoms with E-state index in [1.165, 1.54) is 5.56 Å². The standard InChI is InChI=1S/C17H21NO2/c1-3-18-12-14-7-9-16(10-8-14)20-17-6-4-5-15(11-17)13-19-2/h4-11,18H,3,12-13H2,1-2H3. The van der Waals surface area contributed by atoms with E-state index in [-0.39, 0.29) is 0 Å². The Morgan fingerprint density at radius 3 is 2.45 bits per heavy atom. The highest BCUT2D eigenvalue weighted by molar-refractivity contribution is 5.35. The molecule has 0 bridgehead atoms. The second kappa shape index (κ2) is 7.68. The highest BCUT2D eigenvalue weighted by atomic mass is 16.5. The molecule has 3 heteroatoms. The minimum Gasteiger partial charge on any atom is -0.457 e. The molecule has 0 atom stereocenters. The fraction of sp³-hybridized carbons (Fsp3) is 0.294. The topological polar surface area (TPSA) is 30.5 Å². The zero-order valence-corrected chi connectivity index (χ0v) is 12.1. The minimum atomic E-state index is 0.596. The molecular weight excluding hydrogens is 250 g/mol. The molecule has 2 aromatic rings. The fourth-order valence-electron chi connectivity index (χ4n) is 1.95. The molecule has 0 fully saturated rings. The summed E-state index contributed by atoms with van der Waals surface area (Å²) >= 11 is 0. The summed E-state index contributed by atoms with van der Waals surface area (Å²) in [7, 11) is 1.69. The van der Waals surface area contributed by atoms with E-state index in [2.05, 4.69) is 24.4 Å². The molecular formula is C17H21NO2. The predicted octanol–water partition coefficient (Wildman–Crippen LogP) is 3.73. The Balaban J connectivity index is 2.00. The van der Waals surface area contributed by atoms with Crippen molar-refractivity contribution in [2.75, 3.05) is 13.7 Å². The average molecular weight is 271 g/mol. The highest BCUT2D eigenvalue weighted by Gasteiger charge is 2.00. The van der Waals surface area contributed by atoms with Gasteiger partial charge < -0.3 is 14.8 Å². The Labute approximate surface area is 120 Å². The minimum absolute atomic E-state index is 0.596. The maximum absolute atomic E-state index is 5.85. The number of methoxy groups -OCH3 is 1. The molecule has 20 heavy (non-hydrogen) atoms. The van der Waals surface area contributed by atoms with E-state index < -0.39 is 0 Å². The summed E-state index contributed by atoms with van der Waals surface area (Å²) < 4.78 is 11.0. The number of ether oxygens (including phenoxy) is 2. The lowest BCUT2D eigenvalue weighted by molar-refractivity contribution is 0.184. The predicted molar refractivity (Wildman–Crippen MR) is 81.1 cm³/mol. The first-order chi connectivity index (χ1) is 9.81. The van der Waals surface area contributed by atoms with Gasteiger partial charge in [-0.15, -0.1) is 0 Å². The van der Waals surface area contributed by atoms with Crippen LogP contribution in [-0.2, 0) is 17.9 Å². The SMILES string of the molecule is CCNCc1ccc(Oc2cccc(COC)c2)cc1. The quantitative estimate of drug-likeness (QED) is 0.832. The molecule has 0 aliphatic rings. The molecule has 0 aliphatic carbocycles. The van der Waals surface area contributed by atoms with Crippen molar-refractivity contribution >= 4 is 0 Å². The van der Waals surface area contributed by atoms with E-state index in [1.807, 2.05) is 36.4 Å². The molecule has 0 unspecified atom stereocenters. The van der Waals surface area contributed by atoms with Crippen molar-refractivity contribution in [1.82, 2.24) is 5.32 Å². The zero-order valence-electron chi connectivity index (χ0n) is 12.1. The molecule has 3 nitrogen and oxygen atoms in total. The van der Waals surface area contributed by atoms with E-state index in [0.717, 1.165) is 30.2 Å². The summed E-state index contributed by atoms with van der Waals surface area (Å²) in [6.07, 6.45) is 0. The summed E-state index contributed by atoms with van der Waals surface area (Å²) in [6.45, 7) is 4.56. The molecule has 106 valence electrons. The van der Waals surface area contributed by atoms with Crippen LogP contribution in [0.4, 0.5) is 0 Å². The number of nitrogens with one attached hydrogen (secondary N) is 1. The van der Waals surface area contributed by atoms with Crippen LogP contribution < -0.4 is 10.1 Å². The van der Waals surface area contributed by atoms with E-state index in [0.29, 0.717) is 6.61 Å². The van der Waals surface area contributed by atoms with Crippen LogP contribution in [0.2, 0.25) is 0 Å². The van der Waals surface area contributed by atoms with Crippen LogP contribution in [0.3, 0.4) is 0 Å². The van der Waals surface area contributed by atoms with Crippen LogP contribution >= 0.6 is 0 Å². The normalized spacial score (nSPS) is 10.5. The van der Waals surface area contributed by atoms with Crippen molar-refractivity contribution in [2.45, 2.75) is 20.1 Å². The number of benzene rings is 2. The van der Waals surface area contributed by atoms with Gasteiger partial charge in [0.1, 0.15) is 11.5 Å². The number of rotatable bonds is 7. The van der Waals surface area contributed by atoms with E-state index in [9.17, 15) is 0 Å². The smallest absolute Gasteiger partial charge is 0.127 e. The van der Waals surface area contributed by atoms with Crippen molar-refractivity contribution in [1.29, 1.82) is 0 Å². The Morgan fingerprint density at radius 1 is 0.950 bits per heavy atom. The molecule has 0 spiro atoms. The van der Waals surface area contributed by atoms with Gasteiger partial charge in [0.05, 0.1) is 6.61 Å². The average Bonchev–Trinajstić information content (AvgIpc) is 2.47. The molecule has 0 heterocycles. The third kappa shape index (κ3) is 4.37. The first kappa shape index (κ1) is 14.6. The van der Waals surface area contributed by atoms with Gasteiger partial charge >= 0.3 is 0 Å². The fourth-order valence-corrected chi connectivity index (χ4v) is 1.95. The highest BCUT2D eigenvalue weighted by Crippen LogP contribution is 2.22. The maximum atomic E-state index is 5.85. The second-order valence-corrected chi connectivity index (χ2v) is 4.61. The van der Waals surface area contributed by atoms with Crippen LogP contribution in [0.5, 0.6) is 11.5 Å². The third-order valence-electron chi connectivity index (χ3n) is 2.95. The van der Waals surface area contributed by atoms with Crippen LogP contribution in [0.15, 0.2) is 48.5 Å². The van der Waals surface area contributed by atoms with Crippen LogP contribution in [0.1, 0.15) is 18.1 Å². The molecule has 0 aromatic heterocycles. The van der Waals surface area contributed by atoms with Gasteiger partial charge in [0, 0.05) is 13.7 Å². The molecule has 0 saturated heterocycles. The molecule has 0 amide bonds. The van der Waals surface area contributed by atoms with E-state index >= 15 is 0 Å². The summed E-state index contributed by atoms with van der Waals surface area (Å²) in [6, 6.07) is 16.1. The molecule has 1 N–H and O–H groups in total. The zero-order chi connectivity index (χ0) is 14.2. The van der Waals surface area contributed by atoms with Crippen LogP contribution in [0, 0.1) is 0 Å². The Morgan fingerprint density at radius 2 is 1.75 bits per heavy atom. The first-order valence-electron chi connectivity index (χ1n) is 6.87. The third-order valence-corrected chi connectivity index (χ3v) is 2.95. The second-order valence-electron chi connectivity index (χ2n) is 4.61. The number of hydrogen-bond acceptors (Lipinski definition) is 3. The largest absolute Gasteiger partial charge is 0.457 e. The Kier molecular flexibility index (Phi) is 5.59. The maximum Gasteiger partial charge on any atom is 0.127 e. The van der Waals surface area contributed by atoms with Gasteiger partial charge in [-0.1, -0.05) is 31.2 Å². The Hall–Kier alpha value is -1.84. The van der Waals surface area contributed by atoms with Crippen molar-refractivity contribution in [3.05, 3.63) is 59.7 Å². The van der Waals surface area contributed by atoms with Gasteiger partial charge in [-0.25, -0.2) is 0 Å². The van der Waals surface area contributed by atoms with Gasteiger partial charge in [0.15, 0.2) is 0 Å². The Bertz CT molecular complexity index is 523. The molecule has 2 rings (SSSR count). The molecule has 0 aliphatic heterocycles. The van der Waals surface area contributed by atoms with Gasteiger partial charge in [0.25, 0.3) is 0 Å². The van der Waals surface area contributed by atoms with E-state index in [1.54, 1.807) is 7.11 Å². The lowest BCUT2D eigenvalue weighted by Crippen LogP contribution is -2.11. The molecule has 2 aromatic carbocycles. The summed E-state index contributed by atoms with van der Waals surface area (Å²) in [5.41, 5.74) is 2.36. The molecule has 0 saturated carbocycles. The molecule has 0 radical (unpaired) electrons. The summed E-state index contributed by atoms with van der Waals surface area (Å²) in [4.78, 5) is 0. The van der Waals surface area contributed by atoms with Gasteiger partial charge in [-0.2, -0.15) is 0 Å². The van der Waals surface area contributed by atoms with Crippen LogP contribution in [0.25, 0.3) is 0 Å². The van der Waals surface area contributed by atoms with Crippen LogP contribution in [-0.4, -0.2) is 13.7 Å². The lowest BCUT2D eigenvalue weighted by atomic mass is 10.2. The first-order valence-corrected chi connectivity index (χ1v) is 6.87.